The molecule has 88 valence electrons. The highest BCUT2D eigenvalue weighted by Gasteiger charge is 2.31. The third kappa shape index (κ3) is 2.73. The van der Waals surface area contributed by atoms with Gasteiger partial charge in [0.2, 0.25) is 0 Å². The van der Waals surface area contributed by atoms with Gasteiger partial charge in [0.15, 0.2) is 0 Å². The van der Waals surface area contributed by atoms with Crippen molar-refractivity contribution in [1.29, 1.82) is 0 Å². The number of hydrogen-bond donors (Lipinski definition) is 1. The molecule has 0 radical (unpaired) electrons. The Bertz CT molecular complexity index is 348. The number of nitrogens with zero attached hydrogens (tertiary/aromatic N) is 1. The SMILES string of the molecule is CNC(c1cncc(OC(C)C)c1)C1CC1. The smallest absolute Gasteiger partial charge is 0.138 e. The lowest BCUT2D eigenvalue weighted by Crippen LogP contribution is -2.18. The van der Waals surface area contributed by atoms with Gasteiger partial charge >= 0.3 is 0 Å². The van der Waals surface area contributed by atoms with Crippen molar-refractivity contribution in [2.75, 3.05) is 7.05 Å². The van der Waals surface area contributed by atoms with Gasteiger partial charge in [0, 0.05) is 12.2 Å². The first-order valence-corrected chi connectivity index (χ1v) is 5.99. The van der Waals surface area contributed by atoms with Crippen molar-refractivity contribution in [1.82, 2.24) is 10.3 Å². The van der Waals surface area contributed by atoms with Gasteiger partial charge in [-0.25, -0.2) is 0 Å². The minimum absolute atomic E-state index is 0.200. The maximum Gasteiger partial charge on any atom is 0.138 e. The zero-order chi connectivity index (χ0) is 11.5. The molecule has 1 unspecified atom stereocenters. The van der Waals surface area contributed by atoms with Crippen molar-refractivity contribution in [3.8, 4) is 5.75 Å². The zero-order valence-corrected chi connectivity index (χ0v) is 10.2. The summed E-state index contributed by atoms with van der Waals surface area (Å²) < 4.78 is 5.66. The minimum Gasteiger partial charge on any atom is -0.489 e. The van der Waals surface area contributed by atoms with Crippen LogP contribution in [0.2, 0.25) is 0 Å². The van der Waals surface area contributed by atoms with Crippen LogP contribution in [-0.2, 0) is 0 Å². The fraction of sp³-hybridized carbons (Fsp3) is 0.615. The molecule has 1 aliphatic carbocycles. The maximum absolute atomic E-state index is 5.66. The molecule has 0 saturated heterocycles. The summed E-state index contributed by atoms with van der Waals surface area (Å²) in [4.78, 5) is 4.25. The van der Waals surface area contributed by atoms with Crippen molar-refractivity contribution < 1.29 is 4.74 Å². The molecule has 1 atom stereocenters. The number of rotatable bonds is 5. The Kier molecular flexibility index (Phi) is 3.44. The Balaban J connectivity index is 2.13. The van der Waals surface area contributed by atoms with Gasteiger partial charge in [-0.15, -0.1) is 0 Å². The minimum atomic E-state index is 0.200. The Morgan fingerprint density at radius 3 is 2.69 bits per heavy atom. The lowest BCUT2D eigenvalue weighted by atomic mass is 10.0. The number of hydrogen-bond acceptors (Lipinski definition) is 3. The molecule has 2 rings (SSSR count). The summed E-state index contributed by atoms with van der Waals surface area (Å²) in [5.41, 5.74) is 1.24. The highest BCUT2D eigenvalue weighted by atomic mass is 16.5. The second kappa shape index (κ2) is 4.83. The summed E-state index contributed by atoms with van der Waals surface area (Å²) in [7, 11) is 2.01. The van der Waals surface area contributed by atoms with E-state index in [0.717, 1.165) is 11.7 Å². The van der Waals surface area contributed by atoms with Gasteiger partial charge in [-0.3, -0.25) is 4.98 Å². The van der Waals surface area contributed by atoms with Crippen molar-refractivity contribution in [2.45, 2.75) is 38.8 Å². The van der Waals surface area contributed by atoms with E-state index in [9.17, 15) is 0 Å². The van der Waals surface area contributed by atoms with Crippen LogP contribution in [0.15, 0.2) is 18.5 Å². The molecule has 1 aromatic heterocycles. The summed E-state index contributed by atoms with van der Waals surface area (Å²) >= 11 is 0. The number of aromatic nitrogens is 1. The topological polar surface area (TPSA) is 34.2 Å². The van der Waals surface area contributed by atoms with Gasteiger partial charge in [0.1, 0.15) is 5.75 Å². The van der Waals surface area contributed by atoms with Crippen LogP contribution >= 0.6 is 0 Å². The highest BCUT2D eigenvalue weighted by molar-refractivity contribution is 5.27. The Hall–Kier alpha value is -1.09. The maximum atomic E-state index is 5.66. The van der Waals surface area contributed by atoms with E-state index in [-0.39, 0.29) is 6.10 Å². The van der Waals surface area contributed by atoms with E-state index in [1.807, 2.05) is 27.1 Å². The molecule has 1 fully saturated rings. The van der Waals surface area contributed by atoms with Crippen LogP contribution in [0.1, 0.15) is 38.3 Å². The van der Waals surface area contributed by atoms with Gasteiger partial charge in [0.05, 0.1) is 12.3 Å². The summed E-state index contributed by atoms with van der Waals surface area (Å²) in [6.07, 6.45) is 6.56. The average Bonchev–Trinajstić information content (AvgIpc) is 3.03. The van der Waals surface area contributed by atoms with Gasteiger partial charge in [0.25, 0.3) is 0 Å². The quantitative estimate of drug-likeness (QED) is 0.828. The molecule has 0 bridgehead atoms. The molecule has 1 aromatic rings. The van der Waals surface area contributed by atoms with Crippen LogP contribution in [0.5, 0.6) is 5.75 Å². The normalized spacial score (nSPS) is 17.5. The number of ether oxygens (including phenoxy) is 1. The Morgan fingerprint density at radius 1 is 1.38 bits per heavy atom. The van der Waals surface area contributed by atoms with Crippen LogP contribution in [0.25, 0.3) is 0 Å². The van der Waals surface area contributed by atoms with Crippen LogP contribution in [0, 0.1) is 5.92 Å². The van der Waals surface area contributed by atoms with E-state index in [1.54, 1.807) is 6.20 Å². The molecular weight excluding hydrogens is 200 g/mol. The fourth-order valence-electron chi connectivity index (χ4n) is 2.05. The fourth-order valence-corrected chi connectivity index (χ4v) is 2.05. The molecule has 0 spiro atoms. The molecule has 1 saturated carbocycles. The lowest BCUT2D eigenvalue weighted by Gasteiger charge is -2.17. The van der Waals surface area contributed by atoms with E-state index < -0.39 is 0 Å². The predicted octanol–water partition coefficient (Wildman–Crippen LogP) is 2.54. The van der Waals surface area contributed by atoms with E-state index >= 15 is 0 Å². The standard InChI is InChI=1S/C13H20N2O/c1-9(2)16-12-6-11(7-15-8-12)13(14-3)10-4-5-10/h6-10,13-14H,4-5H2,1-3H3. The molecule has 1 aliphatic rings. The average molecular weight is 220 g/mol. The summed E-state index contributed by atoms with van der Waals surface area (Å²) in [5, 5.41) is 3.37. The second-order valence-electron chi connectivity index (χ2n) is 4.72. The van der Waals surface area contributed by atoms with E-state index in [0.29, 0.717) is 6.04 Å². The van der Waals surface area contributed by atoms with Gasteiger partial charge < -0.3 is 10.1 Å². The van der Waals surface area contributed by atoms with Crippen molar-refractivity contribution in [2.24, 2.45) is 5.92 Å². The van der Waals surface area contributed by atoms with Gasteiger partial charge in [-0.1, -0.05) is 0 Å². The Labute approximate surface area is 97.2 Å². The second-order valence-corrected chi connectivity index (χ2v) is 4.72. The summed E-state index contributed by atoms with van der Waals surface area (Å²) in [6, 6.07) is 2.54. The van der Waals surface area contributed by atoms with E-state index in [2.05, 4.69) is 16.4 Å². The molecule has 0 aliphatic heterocycles. The van der Waals surface area contributed by atoms with Crippen molar-refractivity contribution in [3.63, 3.8) is 0 Å². The third-order valence-electron chi connectivity index (χ3n) is 2.87. The monoisotopic (exact) mass is 220 g/mol. The molecule has 1 heterocycles. The molecule has 3 heteroatoms. The van der Waals surface area contributed by atoms with Crippen LogP contribution in [0.3, 0.4) is 0 Å². The van der Waals surface area contributed by atoms with Crippen LogP contribution in [0.4, 0.5) is 0 Å². The van der Waals surface area contributed by atoms with Crippen molar-refractivity contribution in [3.05, 3.63) is 24.0 Å². The zero-order valence-electron chi connectivity index (χ0n) is 10.2. The van der Waals surface area contributed by atoms with E-state index in [4.69, 9.17) is 4.74 Å². The predicted molar refractivity (Wildman–Crippen MR) is 64.5 cm³/mol. The summed E-state index contributed by atoms with van der Waals surface area (Å²) in [6.45, 7) is 4.06. The van der Waals surface area contributed by atoms with Crippen molar-refractivity contribution >= 4 is 0 Å². The number of nitrogens with one attached hydrogen (secondary N) is 1. The molecule has 1 N–H and O–H groups in total. The van der Waals surface area contributed by atoms with Gasteiger partial charge in [-0.2, -0.15) is 0 Å². The number of pyridine rings is 1. The summed E-state index contributed by atoms with van der Waals surface area (Å²) in [5.74, 6) is 1.65. The largest absolute Gasteiger partial charge is 0.489 e. The first-order chi connectivity index (χ1) is 7.70. The molecule has 16 heavy (non-hydrogen) atoms. The Morgan fingerprint density at radius 2 is 2.12 bits per heavy atom. The first kappa shape index (κ1) is 11.4. The molecule has 0 amide bonds. The van der Waals surface area contributed by atoms with Crippen LogP contribution in [-0.4, -0.2) is 18.1 Å². The first-order valence-electron chi connectivity index (χ1n) is 5.99. The van der Waals surface area contributed by atoms with E-state index in [1.165, 1.54) is 18.4 Å². The molecule has 0 aromatic carbocycles. The lowest BCUT2D eigenvalue weighted by molar-refractivity contribution is 0.241. The van der Waals surface area contributed by atoms with Gasteiger partial charge in [-0.05, 0) is 51.3 Å². The molecular formula is C13H20N2O. The highest BCUT2D eigenvalue weighted by Crippen LogP contribution is 2.41. The van der Waals surface area contributed by atoms with Crippen LogP contribution < -0.4 is 10.1 Å². The third-order valence-corrected chi connectivity index (χ3v) is 2.87. The molecule has 3 nitrogen and oxygen atoms in total.